The molecule has 0 radical (unpaired) electrons. The summed E-state index contributed by atoms with van der Waals surface area (Å²) >= 11 is 11.9. The molecule has 1 atom stereocenters. The van der Waals surface area contributed by atoms with Crippen molar-refractivity contribution in [2.75, 3.05) is 32.8 Å². The molecular weight excluding hydrogens is 271 g/mol. The van der Waals surface area contributed by atoms with Gasteiger partial charge in [-0.1, -0.05) is 29.3 Å². The van der Waals surface area contributed by atoms with E-state index in [1.807, 2.05) is 18.2 Å². The summed E-state index contributed by atoms with van der Waals surface area (Å²) in [5, 5.41) is 1.20. The Kier molecular flexibility index (Phi) is 5.27. The molecule has 1 fully saturated rings. The van der Waals surface area contributed by atoms with Crippen LogP contribution in [0.5, 0.6) is 0 Å². The number of hydrogen-bond donors (Lipinski definition) is 1. The summed E-state index contributed by atoms with van der Waals surface area (Å²) < 4.78 is 5.54. The maximum atomic E-state index is 6.02. The highest BCUT2D eigenvalue weighted by molar-refractivity contribution is 6.42. The average Bonchev–Trinajstić information content (AvgIpc) is 2.59. The van der Waals surface area contributed by atoms with E-state index >= 15 is 0 Å². The molecule has 0 aromatic heterocycles. The fourth-order valence-corrected chi connectivity index (χ4v) is 2.46. The van der Waals surface area contributed by atoms with Crippen molar-refractivity contribution >= 4 is 23.2 Å². The van der Waals surface area contributed by atoms with E-state index in [0.29, 0.717) is 22.5 Å². The van der Waals surface area contributed by atoms with Crippen LogP contribution in [0.25, 0.3) is 0 Å². The Morgan fingerprint density at radius 2 is 2.17 bits per heavy atom. The molecule has 3 nitrogen and oxygen atoms in total. The molecule has 0 aliphatic carbocycles. The van der Waals surface area contributed by atoms with Crippen LogP contribution in [-0.2, 0) is 11.3 Å². The lowest BCUT2D eigenvalue weighted by atomic mass is 10.1. The van der Waals surface area contributed by atoms with Crippen molar-refractivity contribution in [2.45, 2.75) is 6.54 Å². The van der Waals surface area contributed by atoms with Crippen LogP contribution in [0.3, 0.4) is 0 Å². The highest BCUT2D eigenvalue weighted by Gasteiger charge is 2.17. The molecule has 18 heavy (non-hydrogen) atoms. The van der Waals surface area contributed by atoms with Crippen molar-refractivity contribution in [3.05, 3.63) is 33.8 Å². The van der Waals surface area contributed by atoms with Gasteiger partial charge in [0.1, 0.15) is 0 Å². The van der Waals surface area contributed by atoms with E-state index in [1.165, 1.54) is 5.56 Å². The molecule has 2 rings (SSSR count). The number of benzene rings is 1. The standard InChI is InChI=1S/C13H18Cl2N2O/c14-12-2-1-10(5-13(12)15)7-17-3-4-18-9-11(6-16)8-17/h1-2,5,11H,3-4,6-9,16H2. The van der Waals surface area contributed by atoms with E-state index in [-0.39, 0.29) is 0 Å². The van der Waals surface area contributed by atoms with Crippen molar-refractivity contribution in [1.82, 2.24) is 4.90 Å². The number of nitrogens with two attached hydrogens (primary N) is 1. The second kappa shape index (κ2) is 6.73. The van der Waals surface area contributed by atoms with Crippen LogP contribution in [-0.4, -0.2) is 37.7 Å². The fraction of sp³-hybridized carbons (Fsp3) is 0.538. The van der Waals surface area contributed by atoms with E-state index in [2.05, 4.69) is 4.90 Å². The molecule has 1 saturated heterocycles. The van der Waals surface area contributed by atoms with Crippen molar-refractivity contribution in [3.63, 3.8) is 0 Å². The third kappa shape index (κ3) is 3.84. The Balaban J connectivity index is 2.00. The Labute approximate surface area is 118 Å². The molecule has 1 aliphatic rings. The van der Waals surface area contributed by atoms with Crippen LogP contribution in [0.4, 0.5) is 0 Å². The summed E-state index contributed by atoms with van der Waals surface area (Å²) in [6, 6.07) is 5.78. The Morgan fingerprint density at radius 1 is 1.33 bits per heavy atom. The van der Waals surface area contributed by atoms with Gasteiger partial charge < -0.3 is 10.5 Å². The number of rotatable bonds is 3. The molecule has 1 aromatic carbocycles. The molecule has 0 saturated carbocycles. The molecule has 1 aliphatic heterocycles. The summed E-state index contributed by atoms with van der Waals surface area (Å²) in [7, 11) is 0. The quantitative estimate of drug-likeness (QED) is 0.928. The topological polar surface area (TPSA) is 38.5 Å². The normalized spacial score (nSPS) is 21.8. The van der Waals surface area contributed by atoms with Gasteiger partial charge in [-0.15, -0.1) is 0 Å². The van der Waals surface area contributed by atoms with Gasteiger partial charge in [-0.2, -0.15) is 0 Å². The molecule has 5 heteroatoms. The summed E-state index contributed by atoms with van der Waals surface area (Å²) in [5.41, 5.74) is 6.90. The molecule has 0 spiro atoms. The van der Waals surface area contributed by atoms with Gasteiger partial charge in [0, 0.05) is 25.6 Å². The number of ether oxygens (including phenoxy) is 1. The highest BCUT2D eigenvalue weighted by Crippen LogP contribution is 2.23. The van der Waals surface area contributed by atoms with Gasteiger partial charge in [-0.3, -0.25) is 4.90 Å². The minimum atomic E-state index is 0.412. The number of hydrogen-bond acceptors (Lipinski definition) is 3. The van der Waals surface area contributed by atoms with E-state index in [1.54, 1.807) is 0 Å². The zero-order valence-electron chi connectivity index (χ0n) is 10.2. The summed E-state index contributed by atoms with van der Waals surface area (Å²) in [6.45, 7) is 4.94. The van der Waals surface area contributed by atoms with Crippen LogP contribution in [0.2, 0.25) is 10.0 Å². The fourth-order valence-electron chi connectivity index (χ4n) is 2.14. The highest BCUT2D eigenvalue weighted by atomic mass is 35.5. The van der Waals surface area contributed by atoms with Gasteiger partial charge in [0.15, 0.2) is 0 Å². The SMILES string of the molecule is NCC1COCCN(Cc2ccc(Cl)c(Cl)c2)C1. The molecule has 0 amide bonds. The molecule has 1 heterocycles. The van der Waals surface area contributed by atoms with Crippen LogP contribution < -0.4 is 5.73 Å². The minimum absolute atomic E-state index is 0.412. The van der Waals surface area contributed by atoms with E-state index in [9.17, 15) is 0 Å². The monoisotopic (exact) mass is 288 g/mol. The lowest BCUT2D eigenvalue weighted by Gasteiger charge is -2.22. The molecule has 0 bridgehead atoms. The van der Waals surface area contributed by atoms with Crippen LogP contribution in [0, 0.1) is 5.92 Å². The third-order valence-electron chi connectivity index (χ3n) is 3.15. The Morgan fingerprint density at radius 3 is 2.89 bits per heavy atom. The zero-order chi connectivity index (χ0) is 13.0. The summed E-state index contributed by atoms with van der Waals surface area (Å²) in [4.78, 5) is 2.35. The van der Waals surface area contributed by atoms with Crippen molar-refractivity contribution in [3.8, 4) is 0 Å². The van der Waals surface area contributed by atoms with Crippen LogP contribution in [0.15, 0.2) is 18.2 Å². The van der Waals surface area contributed by atoms with E-state index in [4.69, 9.17) is 33.7 Å². The first-order valence-electron chi connectivity index (χ1n) is 6.13. The van der Waals surface area contributed by atoms with Gasteiger partial charge in [0.25, 0.3) is 0 Å². The first-order chi connectivity index (χ1) is 8.69. The molecule has 1 aromatic rings. The second-order valence-corrected chi connectivity index (χ2v) is 5.47. The smallest absolute Gasteiger partial charge is 0.0595 e. The maximum Gasteiger partial charge on any atom is 0.0595 e. The average molecular weight is 289 g/mol. The van der Waals surface area contributed by atoms with Crippen molar-refractivity contribution in [1.29, 1.82) is 0 Å². The summed E-state index contributed by atoms with van der Waals surface area (Å²) in [6.07, 6.45) is 0. The number of nitrogens with zero attached hydrogens (tertiary/aromatic N) is 1. The van der Waals surface area contributed by atoms with E-state index < -0.39 is 0 Å². The van der Waals surface area contributed by atoms with Gasteiger partial charge >= 0.3 is 0 Å². The van der Waals surface area contributed by atoms with Gasteiger partial charge in [-0.25, -0.2) is 0 Å². The second-order valence-electron chi connectivity index (χ2n) is 4.66. The van der Waals surface area contributed by atoms with Gasteiger partial charge in [0.2, 0.25) is 0 Å². The zero-order valence-corrected chi connectivity index (χ0v) is 11.8. The molecule has 1 unspecified atom stereocenters. The van der Waals surface area contributed by atoms with Crippen LogP contribution in [0.1, 0.15) is 5.56 Å². The van der Waals surface area contributed by atoms with Crippen LogP contribution >= 0.6 is 23.2 Å². The van der Waals surface area contributed by atoms with Gasteiger partial charge in [0.05, 0.1) is 23.3 Å². The van der Waals surface area contributed by atoms with Crippen molar-refractivity contribution < 1.29 is 4.74 Å². The largest absolute Gasteiger partial charge is 0.380 e. The van der Waals surface area contributed by atoms with Gasteiger partial charge in [-0.05, 0) is 24.2 Å². The maximum absolute atomic E-state index is 6.02. The molecular formula is C13H18Cl2N2O. The summed E-state index contributed by atoms with van der Waals surface area (Å²) in [5.74, 6) is 0.412. The first-order valence-corrected chi connectivity index (χ1v) is 6.88. The predicted molar refractivity (Wildman–Crippen MR) is 75.1 cm³/mol. The minimum Gasteiger partial charge on any atom is -0.380 e. The molecule has 100 valence electrons. The lowest BCUT2D eigenvalue weighted by molar-refractivity contribution is 0.123. The van der Waals surface area contributed by atoms with Crippen molar-refractivity contribution in [2.24, 2.45) is 11.7 Å². The third-order valence-corrected chi connectivity index (χ3v) is 3.88. The molecule has 2 N–H and O–H groups in total. The Bertz CT molecular complexity index is 401. The first kappa shape index (κ1) is 14.1. The Hall–Kier alpha value is -0.320. The predicted octanol–water partition coefficient (Wildman–Crippen LogP) is 2.40. The number of halogens is 2. The lowest BCUT2D eigenvalue weighted by Crippen LogP contribution is -2.32. The van der Waals surface area contributed by atoms with E-state index in [0.717, 1.165) is 32.8 Å².